The molecule has 1 unspecified atom stereocenters. The van der Waals surface area contributed by atoms with Crippen molar-refractivity contribution in [1.29, 1.82) is 0 Å². The van der Waals surface area contributed by atoms with Crippen LogP contribution in [0.5, 0.6) is 11.5 Å². The number of furan rings is 1. The van der Waals surface area contributed by atoms with Crippen LogP contribution >= 0.6 is 0 Å². The van der Waals surface area contributed by atoms with Gasteiger partial charge in [0.05, 0.1) is 32.1 Å². The Bertz CT molecular complexity index is 1230. The molecule has 31 heavy (non-hydrogen) atoms. The van der Waals surface area contributed by atoms with Crippen LogP contribution in [0.15, 0.2) is 59.5 Å². The van der Waals surface area contributed by atoms with Crippen molar-refractivity contribution in [2.45, 2.75) is 12.5 Å². The number of rotatable bonds is 5. The average molecular weight is 418 g/mol. The minimum Gasteiger partial charge on any atom is -0.493 e. The monoisotopic (exact) mass is 418 g/mol. The minimum absolute atomic E-state index is 0.0364. The van der Waals surface area contributed by atoms with E-state index >= 15 is 0 Å². The molecule has 0 spiro atoms. The van der Waals surface area contributed by atoms with E-state index in [0.717, 1.165) is 29.0 Å². The number of imidazole rings is 1. The number of carbonyl (C=O) groups is 1. The highest BCUT2D eigenvalue weighted by Crippen LogP contribution is 2.34. The molecule has 4 aromatic rings. The van der Waals surface area contributed by atoms with Crippen molar-refractivity contribution in [3.63, 3.8) is 0 Å². The minimum atomic E-state index is -0.0364. The van der Waals surface area contributed by atoms with Crippen LogP contribution in [-0.2, 0) is 0 Å². The molecule has 1 saturated heterocycles. The van der Waals surface area contributed by atoms with Crippen molar-refractivity contribution in [2.75, 3.05) is 27.3 Å². The number of nitrogens with zero attached hydrogens (tertiary/aromatic N) is 4. The quantitative estimate of drug-likeness (QED) is 0.490. The Kier molecular flexibility index (Phi) is 4.82. The zero-order valence-corrected chi connectivity index (χ0v) is 17.3. The number of fused-ring (bicyclic) bond motifs is 1. The number of hydrogen-bond acceptors (Lipinski definition) is 6. The molecule has 0 radical (unpaired) electrons. The first-order valence-electron chi connectivity index (χ1n) is 10.1. The fourth-order valence-corrected chi connectivity index (χ4v) is 4.16. The maximum Gasteiger partial charge on any atom is 0.254 e. The number of carbonyl (C=O) groups excluding carboxylic acids is 1. The van der Waals surface area contributed by atoms with Gasteiger partial charge < -0.3 is 23.4 Å². The zero-order valence-electron chi connectivity index (χ0n) is 17.3. The third-order valence-electron chi connectivity index (χ3n) is 5.67. The molecule has 4 heterocycles. The maximum atomic E-state index is 13.2. The van der Waals surface area contributed by atoms with Gasteiger partial charge in [0, 0.05) is 24.8 Å². The van der Waals surface area contributed by atoms with Crippen molar-refractivity contribution in [2.24, 2.45) is 0 Å². The van der Waals surface area contributed by atoms with E-state index in [9.17, 15) is 4.79 Å². The molecule has 8 nitrogen and oxygen atoms in total. The van der Waals surface area contributed by atoms with E-state index in [1.165, 1.54) is 0 Å². The van der Waals surface area contributed by atoms with Crippen LogP contribution in [0.25, 0.3) is 22.6 Å². The molecule has 1 atom stereocenters. The first-order chi connectivity index (χ1) is 15.2. The molecular formula is C23H22N4O4. The smallest absolute Gasteiger partial charge is 0.254 e. The first kappa shape index (κ1) is 19.2. The number of hydrogen-bond donors (Lipinski definition) is 0. The van der Waals surface area contributed by atoms with Gasteiger partial charge in [0.15, 0.2) is 17.1 Å². The van der Waals surface area contributed by atoms with Gasteiger partial charge in [-0.05, 0) is 42.8 Å². The predicted molar refractivity (Wildman–Crippen MR) is 114 cm³/mol. The molecular weight excluding hydrogens is 396 g/mol. The SMILES string of the molecule is COc1ccc(C(=O)N2CCC(n3c(-c4ccoc4)nc4cccnc43)C2)cc1OC. The summed E-state index contributed by atoms with van der Waals surface area (Å²) in [5.41, 5.74) is 3.09. The fourth-order valence-electron chi connectivity index (χ4n) is 4.16. The molecule has 5 rings (SSSR count). The number of benzene rings is 1. The van der Waals surface area contributed by atoms with E-state index < -0.39 is 0 Å². The van der Waals surface area contributed by atoms with E-state index in [1.54, 1.807) is 51.1 Å². The summed E-state index contributed by atoms with van der Waals surface area (Å²) >= 11 is 0. The van der Waals surface area contributed by atoms with Gasteiger partial charge in [0.1, 0.15) is 17.6 Å². The lowest BCUT2D eigenvalue weighted by Gasteiger charge is -2.19. The number of methoxy groups -OCH3 is 2. The van der Waals surface area contributed by atoms with Crippen LogP contribution in [0.3, 0.4) is 0 Å². The molecule has 1 aliphatic heterocycles. The van der Waals surface area contributed by atoms with E-state index in [-0.39, 0.29) is 11.9 Å². The second kappa shape index (κ2) is 7.79. The summed E-state index contributed by atoms with van der Waals surface area (Å²) in [5, 5.41) is 0. The van der Waals surface area contributed by atoms with Crippen molar-refractivity contribution in [1.82, 2.24) is 19.4 Å². The zero-order chi connectivity index (χ0) is 21.4. The van der Waals surface area contributed by atoms with Crippen LogP contribution in [0, 0.1) is 0 Å². The fraction of sp³-hybridized carbons (Fsp3) is 0.261. The van der Waals surface area contributed by atoms with Gasteiger partial charge in [0.25, 0.3) is 5.91 Å². The van der Waals surface area contributed by atoms with Gasteiger partial charge in [-0.3, -0.25) is 4.79 Å². The second-order valence-electron chi connectivity index (χ2n) is 7.43. The average Bonchev–Trinajstić information content (AvgIpc) is 3.56. The van der Waals surface area contributed by atoms with Gasteiger partial charge in [-0.1, -0.05) is 0 Å². The molecule has 1 fully saturated rings. The Balaban J connectivity index is 1.46. The molecule has 158 valence electrons. The molecule has 0 N–H and O–H groups in total. The van der Waals surface area contributed by atoms with Crippen molar-refractivity contribution in [3.05, 3.63) is 60.7 Å². The topological polar surface area (TPSA) is 82.6 Å². The van der Waals surface area contributed by atoms with E-state index in [2.05, 4.69) is 9.55 Å². The van der Waals surface area contributed by atoms with Gasteiger partial charge in [0.2, 0.25) is 0 Å². The lowest BCUT2D eigenvalue weighted by atomic mass is 10.1. The van der Waals surface area contributed by atoms with Crippen LogP contribution in [0.2, 0.25) is 0 Å². The van der Waals surface area contributed by atoms with Crippen LogP contribution < -0.4 is 9.47 Å². The van der Waals surface area contributed by atoms with Crippen LogP contribution in [-0.4, -0.2) is 52.7 Å². The molecule has 0 saturated carbocycles. The van der Waals surface area contributed by atoms with Crippen molar-refractivity contribution < 1.29 is 18.7 Å². The Morgan fingerprint density at radius 2 is 2.03 bits per heavy atom. The van der Waals surface area contributed by atoms with Gasteiger partial charge in [-0.25, -0.2) is 9.97 Å². The molecule has 1 aliphatic rings. The highest BCUT2D eigenvalue weighted by Gasteiger charge is 2.31. The van der Waals surface area contributed by atoms with E-state index in [0.29, 0.717) is 30.2 Å². The van der Waals surface area contributed by atoms with Crippen LogP contribution in [0.1, 0.15) is 22.8 Å². The van der Waals surface area contributed by atoms with Gasteiger partial charge in [-0.2, -0.15) is 0 Å². The van der Waals surface area contributed by atoms with Crippen LogP contribution in [0.4, 0.5) is 0 Å². The van der Waals surface area contributed by atoms with Gasteiger partial charge >= 0.3 is 0 Å². The normalized spacial score (nSPS) is 16.1. The summed E-state index contributed by atoms with van der Waals surface area (Å²) in [6.45, 7) is 1.22. The summed E-state index contributed by atoms with van der Waals surface area (Å²) in [6, 6.07) is 11.0. The standard InChI is InChI=1S/C23H22N4O4/c1-29-19-6-5-15(12-20(19)30-2)23(28)26-10-7-17(13-26)27-21(16-8-11-31-14-16)25-18-4-3-9-24-22(18)27/h3-6,8-9,11-12,14,17H,7,10,13H2,1-2H3. The molecule has 1 amide bonds. The van der Waals surface area contributed by atoms with Crippen molar-refractivity contribution >= 4 is 17.1 Å². The number of pyridine rings is 1. The maximum absolute atomic E-state index is 13.2. The number of aromatic nitrogens is 3. The Morgan fingerprint density at radius 3 is 2.81 bits per heavy atom. The Hall–Kier alpha value is -3.81. The lowest BCUT2D eigenvalue weighted by molar-refractivity contribution is 0.0787. The number of ether oxygens (including phenoxy) is 2. The molecule has 0 bridgehead atoms. The van der Waals surface area contributed by atoms with Gasteiger partial charge in [-0.15, -0.1) is 0 Å². The number of amides is 1. The molecule has 3 aromatic heterocycles. The summed E-state index contributed by atoms with van der Waals surface area (Å²) < 4.78 is 18.0. The summed E-state index contributed by atoms with van der Waals surface area (Å²) in [5.74, 6) is 1.90. The third-order valence-corrected chi connectivity index (χ3v) is 5.67. The third kappa shape index (κ3) is 3.30. The largest absolute Gasteiger partial charge is 0.493 e. The Morgan fingerprint density at radius 1 is 1.16 bits per heavy atom. The molecule has 8 heteroatoms. The Labute approximate surface area is 179 Å². The summed E-state index contributed by atoms with van der Waals surface area (Å²) in [4.78, 5) is 24.4. The molecule has 0 aliphatic carbocycles. The van der Waals surface area contributed by atoms with E-state index in [4.69, 9.17) is 18.9 Å². The number of likely N-dealkylation sites (tertiary alicyclic amines) is 1. The lowest BCUT2D eigenvalue weighted by Crippen LogP contribution is -2.29. The predicted octanol–water partition coefficient (Wildman–Crippen LogP) is 3.80. The molecule has 1 aromatic carbocycles. The first-order valence-corrected chi connectivity index (χ1v) is 10.1. The second-order valence-corrected chi connectivity index (χ2v) is 7.43. The highest BCUT2D eigenvalue weighted by atomic mass is 16.5. The highest BCUT2D eigenvalue weighted by molar-refractivity contribution is 5.95. The summed E-state index contributed by atoms with van der Waals surface area (Å²) in [7, 11) is 3.14. The van der Waals surface area contributed by atoms with Crippen molar-refractivity contribution in [3.8, 4) is 22.9 Å². The summed E-state index contributed by atoms with van der Waals surface area (Å²) in [6.07, 6.45) is 5.89. The van der Waals surface area contributed by atoms with E-state index in [1.807, 2.05) is 23.1 Å².